The van der Waals surface area contributed by atoms with Crippen LogP contribution in [0, 0.1) is 12.8 Å². The molecule has 1 saturated heterocycles. The molecule has 1 fully saturated rings. The van der Waals surface area contributed by atoms with Crippen LogP contribution in [-0.4, -0.2) is 29.0 Å². The van der Waals surface area contributed by atoms with Crippen molar-refractivity contribution >= 4 is 22.6 Å². The van der Waals surface area contributed by atoms with Gasteiger partial charge in [-0.05, 0) is 62.7 Å². The summed E-state index contributed by atoms with van der Waals surface area (Å²) < 4.78 is 5.32. The number of amides is 1. The Bertz CT molecular complexity index is 1080. The minimum atomic E-state index is -0.418. The van der Waals surface area contributed by atoms with Gasteiger partial charge in [0.05, 0.1) is 0 Å². The van der Waals surface area contributed by atoms with E-state index in [0.29, 0.717) is 17.7 Å². The number of phenols is 1. The Morgan fingerprint density at radius 2 is 1.90 bits per heavy atom. The smallest absolute Gasteiger partial charge is 0.336 e. The highest BCUT2D eigenvalue weighted by Crippen LogP contribution is 2.29. The highest BCUT2D eigenvalue weighted by atomic mass is 16.4. The van der Waals surface area contributed by atoms with Crippen molar-refractivity contribution in [3.8, 4) is 5.75 Å². The fourth-order valence-corrected chi connectivity index (χ4v) is 3.91. The van der Waals surface area contributed by atoms with Gasteiger partial charge in [-0.3, -0.25) is 9.69 Å². The largest absolute Gasteiger partial charge is 0.508 e. The first-order valence-electron chi connectivity index (χ1n) is 9.85. The number of fused-ring (bicyclic) bond motifs is 1. The lowest BCUT2D eigenvalue weighted by Crippen LogP contribution is -2.37. The average molecular weight is 392 g/mol. The molecule has 1 aromatic heterocycles. The van der Waals surface area contributed by atoms with Crippen LogP contribution < -0.4 is 10.9 Å². The second kappa shape index (κ2) is 8.09. The number of phenolic OH excluding ortho intramolecular Hbond substituents is 1. The normalized spacial score (nSPS) is 15.5. The minimum Gasteiger partial charge on any atom is -0.508 e. The van der Waals surface area contributed by atoms with Gasteiger partial charge in [0, 0.05) is 35.2 Å². The molecule has 2 N–H and O–H groups in total. The third kappa shape index (κ3) is 4.17. The number of carbonyl (C=O) groups is 1. The first-order chi connectivity index (χ1) is 14.0. The minimum absolute atomic E-state index is 0.0109. The topological polar surface area (TPSA) is 82.8 Å². The van der Waals surface area contributed by atoms with E-state index in [-0.39, 0.29) is 17.6 Å². The number of para-hydroxylation sites is 1. The van der Waals surface area contributed by atoms with Crippen LogP contribution in [0.4, 0.5) is 5.69 Å². The van der Waals surface area contributed by atoms with Crippen molar-refractivity contribution in [3.05, 3.63) is 70.1 Å². The van der Waals surface area contributed by atoms with Crippen LogP contribution in [0.25, 0.3) is 11.0 Å². The number of rotatable bonds is 4. The highest BCUT2D eigenvalue weighted by molar-refractivity contribution is 5.92. The lowest BCUT2D eigenvalue weighted by atomic mass is 9.95. The van der Waals surface area contributed by atoms with Crippen LogP contribution in [0.15, 0.2) is 57.7 Å². The van der Waals surface area contributed by atoms with Crippen LogP contribution in [0.1, 0.15) is 24.0 Å². The van der Waals surface area contributed by atoms with Crippen LogP contribution in [0.5, 0.6) is 5.75 Å². The maximum atomic E-state index is 12.5. The Kier molecular flexibility index (Phi) is 5.36. The van der Waals surface area contributed by atoms with Gasteiger partial charge in [-0.1, -0.05) is 18.2 Å². The van der Waals surface area contributed by atoms with Gasteiger partial charge in [-0.2, -0.15) is 0 Å². The quantitative estimate of drug-likeness (QED) is 0.662. The summed E-state index contributed by atoms with van der Waals surface area (Å²) in [5.41, 5.74) is 2.29. The average Bonchev–Trinajstić information content (AvgIpc) is 2.72. The van der Waals surface area contributed by atoms with E-state index in [1.807, 2.05) is 30.3 Å². The molecule has 0 unspecified atom stereocenters. The second-order valence-corrected chi connectivity index (χ2v) is 7.58. The van der Waals surface area contributed by atoms with Crippen LogP contribution in [-0.2, 0) is 11.3 Å². The molecule has 0 aliphatic carbocycles. The molecular formula is C23H24N2O4. The van der Waals surface area contributed by atoms with Gasteiger partial charge in [0.1, 0.15) is 11.3 Å². The first kappa shape index (κ1) is 19.2. The summed E-state index contributed by atoms with van der Waals surface area (Å²) in [4.78, 5) is 26.8. The number of anilines is 1. The zero-order valence-corrected chi connectivity index (χ0v) is 16.4. The predicted octanol–water partition coefficient (Wildman–Crippen LogP) is 3.66. The van der Waals surface area contributed by atoms with Gasteiger partial charge in [0.2, 0.25) is 5.91 Å². The van der Waals surface area contributed by atoms with Crippen molar-refractivity contribution in [2.45, 2.75) is 26.3 Å². The number of benzene rings is 2. The lowest BCUT2D eigenvalue weighted by Gasteiger charge is -2.31. The lowest BCUT2D eigenvalue weighted by molar-refractivity contribution is -0.121. The summed E-state index contributed by atoms with van der Waals surface area (Å²) >= 11 is 0. The number of nitrogens with zero attached hydrogens (tertiary/aromatic N) is 1. The predicted molar refractivity (Wildman–Crippen MR) is 112 cm³/mol. The van der Waals surface area contributed by atoms with Gasteiger partial charge < -0.3 is 14.8 Å². The van der Waals surface area contributed by atoms with Gasteiger partial charge in [0.15, 0.2) is 0 Å². The molecule has 0 saturated carbocycles. The van der Waals surface area contributed by atoms with Gasteiger partial charge in [-0.25, -0.2) is 4.79 Å². The Balaban J connectivity index is 1.43. The molecule has 1 aliphatic heterocycles. The highest BCUT2D eigenvalue weighted by Gasteiger charge is 2.25. The zero-order chi connectivity index (χ0) is 20.4. The molecule has 29 heavy (non-hydrogen) atoms. The maximum Gasteiger partial charge on any atom is 0.336 e. The van der Waals surface area contributed by atoms with E-state index in [2.05, 4.69) is 10.2 Å². The molecule has 1 aliphatic rings. The molecule has 1 amide bonds. The Hall–Kier alpha value is -3.12. The molecule has 6 nitrogen and oxygen atoms in total. The van der Waals surface area contributed by atoms with Crippen molar-refractivity contribution in [3.63, 3.8) is 0 Å². The number of likely N-dealkylation sites (tertiary alicyclic amines) is 1. The third-order valence-corrected chi connectivity index (χ3v) is 5.61. The van der Waals surface area contributed by atoms with Crippen molar-refractivity contribution in [2.75, 3.05) is 18.4 Å². The summed E-state index contributed by atoms with van der Waals surface area (Å²) in [6.07, 6.45) is 1.55. The number of hydrogen-bond donors (Lipinski definition) is 2. The monoisotopic (exact) mass is 392 g/mol. The van der Waals surface area contributed by atoms with Crippen LogP contribution >= 0.6 is 0 Å². The van der Waals surface area contributed by atoms with Gasteiger partial charge in [0.25, 0.3) is 0 Å². The SMILES string of the molecule is Cc1c(O)ccc2c(CN3CCC(C(=O)Nc4ccccc4)CC3)cc(=O)oc12. The van der Waals surface area contributed by atoms with Gasteiger partial charge in [-0.15, -0.1) is 0 Å². The van der Waals surface area contributed by atoms with Crippen molar-refractivity contribution in [2.24, 2.45) is 5.92 Å². The van der Waals surface area contributed by atoms with Crippen molar-refractivity contribution in [1.82, 2.24) is 4.90 Å². The van der Waals surface area contributed by atoms with Gasteiger partial charge >= 0.3 is 5.63 Å². The van der Waals surface area contributed by atoms with E-state index in [1.165, 1.54) is 6.07 Å². The molecule has 2 aromatic carbocycles. The number of aromatic hydroxyl groups is 1. The molecule has 0 spiro atoms. The summed E-state index contributed by atoms with van der Waals surface area (Å²) in [6, 6.07) is 14.4. The zero-order valence-electron chi connectivity index (χ0n) is 16.4. The van der Waals surface area contributed by atoms with E-state index in [0.717, 1.165) is 42.6 Å². The van der Waals surface area contributed by atoms with E-state index >= 15 is 0 Å². The van der Waals surface area contributed by atoms with Crippen molar-refractivity contribution in [1.29, 1.82) is 0 Å². The number of piperidine rings is 1. The van der Waals surface area contributed by atoms with E-state index in [1.54, 1.807) is 19.1 Å². The van der Waals surface area contributed by atoms with E-state index in [9.17, 15) is 14.7 Å². The maximum absolute atomic E-state index is 12.5. The summed E-state index contributed by atoms with van der Waals surface area (Å²) in [5.74, 6) is 0.166. The molecular weight excluding hydrogens is 368 g/mol. The molecule has 150 valence electrons. The molecule has 3 aromatic rings. The van der Waals surface area contributed by atoms with Crippen molar-refractivity contribution < 1.29 is 14.3 Å². The standard InChI is InChI=1S/C23H24N2O4/c1-15-20(26)8-7-19-17(13-21(27)29-22(15)19)14-25-11-9-16(10-12-25)23(28)24-18-5-3-2-4-6-18/h2-8,13,16,26H,9-12,14H2,1H3,(H,24,28). The molecule has 0 bridgehead atoms. The summed E-state index contributed by atoms with van der Waals surface area (Å²) in [7, 11) is 0. The molecule has 0 radical (unpaired) electrons. The van der Waals surface area contributed by atoms with E-state index in [4.69, 9.17) is 4.42 Å². The second-order valence-electron chi connectivity index (χ2n) is 7.58. The van der Waals surface area contributed by atoms with Crippen LogP contribution in [0.3, 0.4) is 0 Å². The Labute approximate surface area is 168 Å². The Morgan fingerprint density at radius 1 is 1.17 bits per heavy atom. The first-order valence-corrected chi connectivity index (χ1v) is 9.85. The van der Waals surface area contributed by atoms with Crippen LogP contribution in [0.2, 0.25) is 0 Å². The molecule has 2 heterocycles. The van der Waals surface area contributed by atoms with E-state index < -0.39 is 5.63 Å². The number of hydrogen-bond acceptors (Lipinski definition) is 5. The summed E-state index contributed by atoms with van der Waals surface area (Å²) in [6.45, 7) is 3.91. The molecule has 0 atom stereocenters. The number of aryl methyl sites for hydroxylation is 1. The summed E-state index contributed by atoms with van der Waals surface area (Å²) in [5, 5.41) is 13.7. The third-order valence-electron chi connectivity index (χ3n) is 5.61. The Morgan fingerprint density at radius 3 is 2.62 bits per heavy atom. The molecule has 4 rings (SSSR count). The molecule has 6 heteroatoms. The number of carbonyl (C=O) groups excluding carboxylic acids is 1. The fourth-order valence-electron chi connectivity index (χ4n) is 3.91. The fraction of sp³-hybridized carbons (Fsp3) is 0.304. The number of nitrogens with one attached hydrogen (secondary N) is 1.